The summed E-state index contributed by atoms with van der Waals surface area (Å²) in [5.41, 5.74) is 4.10. The Morgan fingerprint density at radius 1 is 0.786 bits per heavy atom. The molecule has 1 aliphatic heterocycles. The lowest BCUT2D eigenvalue weighted by molar-refractivity contribution is -0.172. The van der Waals surface area contributed by atoms with Crippen LogP contribution in [0.4, 0.5) is 0 Å². The first kappa shape index (κ1) is 46.9. The third kappa shape index (κ3) is 8.66. The van der Waals surface area contributed by atoms with Gasteiger partial charge in [0.25, 0.3) is 0 Å². The lowest BCUT2D eigenvalue weighted by Crippen LogP contribution is -2.64. The number of terminal acetylenes is 3. The van der Waals surface area contributed by atoms with E-state index >= 15 is 0 Å². The second-order valence-electron chi connectivity index (χ2n) is 18.4. The molecule has 2 N–H and O–H groups in total. The van der Waals surface area contributed by atoms with Gasteiger partial charge in [-0.1, -0.05) is 80.0 Å². The van der Waals surface area contributed by atoms with E-state index in [1.54, 1.807) is 12.1 Å². The molecule has 6 aliphatic rings. The zero-order valence-corrected chi connectivity index (χ0v) is 36.3. The highest BCUT2D eigenvalue weighted by Gasteiger charge is 2.65. The number of hydrogen-bond donors (Lipinski definition) is 2. The SMILES string of the molecule is C#C.C#C.C#C.CC.CC(C)C(=O)N1CCN(CCN[C@]23CCCC2[C@H]2CCC4[C@@](C)(CCC5C(C)(C)C(c6ccc(C(=O)O)cc6)=CC[C@@]54C)C2CC3)CC1. The molecule has 308 valence electrons. The van der Waals surface area contributed by atoms with Gasteiger partial charge in [0.15, 0.2) is 0 Å². The van der Waals surface area contributed by atoms with Crippen LogP contribution in [0.5, 0.6) is 0 Å². The van der Waals surface area contributed by atoms with Gasteiger partial charge in [-0.25, -0.2) is 4.79 Å². The Kier molecular flexibility index (Phi) is 16.6. The van der Waals surface area contributed by atoms with E-state index in [0.717, 1.165) is 69.4 Å². The number of allylic oxidation sites excluding steroid dienone is 2. The Morgan fingerprint density at radius 2 is 1.41 bits per heavy atom. The highest BCUT2D eigenvalue weighted by atomic mass is 16.4. The number of hydrogen-bond acceptors (Lipinski definition) is 4. The number of carbonyl (C=O) groups excluding carboxylic acids is 1. The van der Waals surface area contributed by atoms with Gasteiger partial charge in [-0.05, 0) is 127 Å². The summed E-state index contributed by atoms with van der Waals surface area (Å²) in [5.74, 6) is 3.47. The molecule has 1 amide bonds. The number of piperazine rings is 1. The Bertz CT molecular complexity index is 1530. The average Bonchev–Trinajstić information content (AvgIpc) is 3.65. The van der Waals surface area contributed by atoms with Crippen LogP contribution in [-0.2, 0) is 4.79 Å². The van der Waals surface area contributed by atoms with Gasteiger partial charge in [0.2, 0.25) is 5.91 Å². The van der Waals surface area contributed by atoms with Gasteiger partial charge >= 0.3 is 5.97 Å². The first-order valence-corrected chi connectivity index (χ1v) is 21.6. The highest BCUT2D eigenvalue weighted by Crippen LogP contribution is 2.72. The summed E-state index contributed by atoms with van der Waals surface area (Å²) in [6.45, 7) is 24.3. The molecule has 1 heterocycles. The van der Waals surface area contributed by atoms with E-state index in [-0.39, 0.29) is 11.3 Å². The maximum absolute atomic E-state index is 12.5. The molecule has 5 aliphatic carbocycles. The molecule has 7 rings (SSSR count). The minimum absolute atomic E-state index is 0.0591. The topological polar surface area (TPSA) is 72.9 Å². The van der Waals surface area contributed by atoms with Crippen molar-refractivity contribution in [3.05, 3.63) is 41.5 Å². The van der Waals surface area contributed by atoms with Crippen molar-refractivity contribution >= 4 is 17.4 Å². The first-order valence-electron chi connectivity index (χ1n) is 21.6. The Labute approximate surface area is 342 Å². The molecule has 8 atom stereocenters. The lowest BCUT2D eigenvalue weighted by Gasteiger charge is -2.68. The van der Waals surface area contributed by atoms with E-state index in [9.17, 15) is 14.7 Å². The van der Waals surface area contributed by atoms with Crippen LogP contribution < -0.4 is 5.32 Å². The van der Waals surface area contributed by atoms with Gasteiger partial charge in [-0.3, -0.25) is 9.69 Å². The van der Waals surface area contributed by atoms with Crippen LogP contribution in [0, 0.1) is 90.3 Å². The zero-order valence-electron chi connectivity index (χ0n) is 36.3. The number of fused-ring (bicyclic) bond motifs is 7. The summed E-state index contributed by atoms with van der Waals surface area (Å²) < 4.78 is 0. The molecule has 4 unspecified atom stereocenters. The maximum atomic E-state index is 12.5. The number of benzene rings is 1. The minimum atomic E-state index is -0.854. The number of nitrogens with one attached hydrogen (secondary N) is 1. The summed E-state index contributed by atoms with van der Waals surface area (Å²) in [4.78, 5) is 28.6. The van der Waals surface area contributed by atoms with Crippen LogP contribution in [0.2, 0.25) is 0 Å². The van der Waals surface area contributed by atoms with Crippen molar-refractivity contribution < 1.29 is 14.7 Å². The van der Waals surface area contributed by atoms with Crippen LogP contribution in [0.3, 0.4) is 0 Å². The van der Waals surface area contributed by atoms with E-state index < -0.39 is 5.97 Å². The van der Waals surface area contributed by atoms with Gasteiger partial charge in [0.05, 0.1) is 5.56 Å². The predicted molar refractivity (Wildman–Crippen MR) is 235 cm³/mol. The first-order chi connectivity index (χ1) is 26.8. The fourth-order valence-corrected chi connectivity index (χ4v) is 13.4. The largest absolute Gasteiger partial charge is 0.478 e. The molecule has 0 radical (unpaired) electrons. The molecule has 6 nitrogen and oxygen atoms in total. The number of amides is 1. The fraction of sp³-hybridized carbons (Fsp3) is 0.680. The lowest BCUT2D eigenvalue weighted by atomic mass is 9.37. The van der Waals surface area contributed by atoms with Crippen LogP contribution in [0.1, 0.15) is 136 Å². The van der Waals surface area contributed by atoms with Crippen molar-refractivity contribution in [2.24, 2.45) is 51.8 Å². The summed E-state index contributed by atoms with van der Waals surface area (Å²) in [5, 5.41) is 13.7. The molecule has 0 aromatic heterocycles. The quantitative estimate of drug-likeness (QED) is 0.271. The van der Waals surface area contributed by atoms with Gasteiger partial charge in [0.1, 0.15) is 0 Å². The third-order valence-corrected chi connectivity index (χ3v) is 15.6. The Morgan fingerprint density at radius 3 is 2.00 bits per heavy atom. The number of aromatic carboxylic acids is 1. The average molecular weight is 766 g/mol. The van der Waals surface area contributed by atoms with Crippen molar-refractivity contribution in [3.63, 3.8) is 0 Å². The summed E-state index contributed by atoms with van der Waals surface area (Å²) >= 11 is 0. The van der Waals surface area contributed by atoms with Crippen molar-refractivity contribution in [1.29, 1.82) is 0 Å². The molecule has 1 aromatic carbocycles. The van der Waals surface area contributed by atoms with Crippen molar-refractivity contribution in [3.8, 4) is 38.5 Å². The normalized spacial score (nSPS) is 33.8. The molecule has 5 fully saturated rings. The van der Waals surface area contributed by atoms with Crippen molar-refractivity contribution in [2.45, 2.75) is 125 Å². The van der Waals surface area contributed by atoms with E-state index in [2.05, 4.69) is 87.4 Å². The van der Waals surface area contributed by atoms with E-state index in [0.29, 0.717) is 33.8 Å². The maximum Gasteiger partial charge on any atom is 0.335 e. The molecule has 1 aromatic rings. The standard InChI is InChI=1S/C42H63N3O3.C2H6.3C2H2/c1-28(2)37(46)45-26-24-44(25-27-45)23-22-43-42-18-7-8-34(42)31-13-14-36-40(5,33(31)16-21-42)20-17-35-39(3,4)32(15-19-41(35,36)6)29-9-11-30(12-10-29)38(47)48;4*1-2/h9-12,15,28,31,33-36,43H,7-8,13-14,16-27H2,1-6H3,(H,47,48);1-2H3;3*1-2H/t31-,33?,34?,35?,36?,40-,41-,42-;;;;/m0..../s1. The van der Waals surface area contributed by atoms with Crippen molar-refractivity contribution in [2.75, 3.05) is 39.3 Å². The second-order valence-corrected chi connectivity index (χ2v) is 18.4. The smallest absolute Gasteiger partial charge is 0.335 e. The van der Waals surface area contributed by atoms with Gasteiger partial charge < -0.3 is 15.3 Å². The summed E-state index contributed by atoms with van der Waals surface area (Å²) in [6, 6.07) is 7.64. The fourth-order valence-electron chi connectivity index (χ4n) is 13.4. The number of carboxylic acids is 1. The summed E-state index contributed by atoms with van der Waals surface area (Å²) in [6.07, 6.45) is 40.0. The zero-order chi connectivity index (χ0) is 42.1. The number of carboxylic acid groups (broad SMARTS) is 1. The van der Waals surface area contributed by atoms with Gasteiger partial charge in [-0.15, -0.1) is 38.5 Å². The number of nitrogens with zero attached hydrogens (tertiary/aromatic N) is 2. The van der Waals surface area contributed by atoms with E-state index in [1.807, 2.05) is 39.8 Å². The molecule has 6 heteroatoms. The second kappa shape index (κ2) is 19.8. The number of carbonyl (C=O) groups is 2. The molecular weight excluding hydrogens is 691 g/mol. The van der Waals surface area contributed by atoms with E-state index in [4.69, 9.17) is 0 Å². The van der Waals surface area contributed by atoms with Crippen molar-refractivity contribution in [1.82, 2.24) is 15.1 Å². The van der Waals surface area contributed by atoms with Crippen LogP contribution in [-0.4, -0.2) is 71.6 Å². The Hall–Kier alpha value is -3.50. The van der Waals surface area contributed by atoms with Gasteiger partial charge in [0, 0.05) is 50.7 Å². The monoisotopic (exact) mass is 766 g/mol. The molecule has 0 bridgehead atoms. The van der Waals surface area contributed by atoms with Crippen LogP contribution in [0.25, 0.3) is 5.57 Å². The van der Waals surface area contributed by atoms with Crippen LogP contribution >= 0.6 is 0 Å². The molecule has 1 saturated heterocycles. The van der Waals surface area contributed by atoms with E-state index in [1.165, 1.54) is 68.9 Å². The molecule has 0 spiro atoms. The summed E-state index contributed by atoms with van der Waals surface area (Å²) in [7, 11) is 0. The van der Waals surface area contributed by atoms with Gasteiger partial charge in [-0.2, -0.15) is 0 Å². The highest BCUT2D eigenvalue weighted by molar-refractivity contribution is 5.88. The molecule has 56 heavy (non-hydrogen) atoms. The van der Waals surface area contributed by atoms with Crippen LogP contribution in [0.15, 0.2) is 30.3 Å². The number of rotatable bonds is 7. The predicted octanol–water partition coefficient (Wildman–Crippen LogP) is 9.76. The minimum Gasteiger partial charge on any atom is -0.478 e. The third-order valence-electron chi connectivity index (χ3n) is 15.6. The Balaban J connectivity index is 0.000000989. The molecular formula is C50H75N3O3. The molecule has 4 saturated carbocycles.